The molecule has 1 aromatic carbocycles. The summed E-state index contributed by atoms with van der Waals surface area (Å²) in [6, 6.07) is 7.12. The first-order chi connectivity index (χ1) is 8.56. The van der Waals surface area contributed by atoms with Crippen LogP contribution in [-0.4, -0.2) is 42.2 Å². The van der Waals surface area contributed by atoms with Crippen molar-refractivity contribution in [3.63, 3.8) is 0 Å². The Hall–Kier alpha value is -1.83. The van der Waals surface area contributed by atoms with Crippen molar-refractivity contribution in [3.05, 3.63) is 35.4 Å². The van der Waals surface area contributed by atoms with Gasteiger partial charge in [-0.15, -0.1) is 0 Å². The summed E-state index contributed by atoms with van der Waals surface area (Å²) in [6.45, 7) is 2.19. The molecule has 0 saturated heterocycles. The first kappa shape index (κ1) is 14.2. The zero-order chi connectivity index (χ0) is 13.5. The molecule has 1 amide bonds. The number of benzene rings is 1. The maximum atomic E-state index is 12.2. The Labute approximate surface area is 107 Å². The van der Waals surface area contributed by atoms with E-state index >= 15 is 0 Å². The second-order valence-electron chi connectivity index (χ2n) is 4.09. The van der Waals surface area contributed by atoms with Crippen molar-refractivity contribution in [2.45, 2.75) is 13.0 Å². The van der Waals surface area contributed by atoms with E-state index in [9.17, 15) is 9.90 Å². The van der Waals surface area contributed by atoms with E-state index in [1.807, 2.05) is 6.07 Å². The Bertz CT molecular complexity index is 472. The number of nitrogens with zero attached hydrogens (tertiary/aromatic N) is 1. The van der Waals surface area contributed by atoms with Gasteiger partial charge in [-0.2, -0.15) is 0 Å². The Balaban J connectivity index is 2.98. The van der Waals surface area contributed by atoms with E-state index in [1.54, 1.807) is 32.2 Å². The molecule has 0 spiro atoms. The smallest absolute Gasteiger partial charge is 0.254 e. The minimum absolute atomic E-state index is 0.155. The molecular formula is C14H18N2O2. The minimum Gasteiger partial charge on any atom is -0.392 e. The summed E-state index contributed by atoms with van der Waals surface area (Å²) in [7, 11) is 1.65. The highest BCUT2D eigenvalue weighted by atomic mass is 16.3. The molecule has 1 rings (SSSR count). The van der Waals surface area contributed by atoms with Crippen LogP contribution in [0.1, 0.15) is 22.8 Å². The van der Waals surface area contributed by atoms with Crippen molar-refractivity contribution in [1.82, 2.24) is 4.90 Å². The van der Waals surface area contributed by atoms with E-state index in [1.165, 1.54) is 4.90 Å². The number of hydrogen-bond donors (Lipinski definition) is 2. The van der Waals surface area contributed by atoms with Gasteiger partial charge in [-0.3, -0.25) is 4.79 Å². The maximum Gasteiger partial charge on any atom is 0.254 e. The van der Waals surface area contributed by atoms with Crippen LogP contribution in [0.2, 0.25) is 0 Å². The normalized spacial score (nSPS) is 11.3. The molecule has 0 aliphatic rings. The topological polar surface area (TPSA) is 66.6 Å². The van der Waals surface area contributed by atoms with Gasteiger partial charge in [-0.05, 0) is 19.1 Å². The summed E-state index contributed by atoms with van der Waals surface area (Å²) >= 11 is 0. The molecule has 0 aliphatic carbocycles. The van der Waals surface area contributed by atoms with Gasteiger partial charge in [0.05, 0.1) is 18.2 Å². The summed E-state index contributed by atoms with van der Waals surface area (Å²) in [6.07, 6.45) is -0.554. The Morgan fingerprint density at radius 3 is 2.78 bits per heavy atom. The number of aliphatic hydroxyl groups is 1. The van der Waals surface area contributed by atoms with E-state index in [0.717, 1.165) is 0 Å². The summed E-state index contributed by atoms with van der Waals surface area (Å²) in [5, 5.41) is 9.29. The van der Waals surface area contributed by atoms with Crippen LogP contribution in [0.5, 0.6) is 0 Å². The fraction of sp³-hybridized carbons (Fsp3) is 0.357. The van der Waals surface area contributed by atoms with Crippen LogP contribution >= 0.6 is 0 Å². The second-order valence-corrected chi connectivity index (χ2v) is 4.09. The third kappa shape index (κ3) is 3.88. The lowest BCUT2D eigenvalue weighted by atomic mass is 10.1. The summed E-state index contributed by atoms with van der Waals surface area (Å²) < 4.78 is 0. The number of aliphatic hydroxyl groups excluding tert-OH is 1. The first-order valence-electron chi connectivity index (χ1n) is 5.77. The predicted octanol–water partition coefficient (Wildman–Crippen LogP) is 0.450. The summed E-state index contributed by atoms with van der Waals surface area (Å²) in [5.74, 6) is 5.46. The first-order valence-corrected chi connectivity index (χ1v) is 5.77. The highest BCUT2D eigenvalue weighted by Gasteiger charge is 2.15. The second kappa shape index (κ2) is 6.80. The lowest BCUT2D eigenvalue weighted by Crippen LogP contribution is -2.33. The van der Waals surface area contributed by atoms with Crippen LogP contribution < -0.4 is 5.73 Å². The standard InChI is InChI=1S/C14H18N2O2/c1-11(17)10-16(2)14(18)13-8-4-3-6-12(13)7-5-9-15/h3-4,6,8,11,17H,9-10,15H2,1-2H3. The van der Waals surface area contributed by atoms with Crippen LogP contribution in [-0.2, 0) is 0 Å². The molecule has 4 heteroatoms. The van der Waals surface area contributed by atoms with Gasteiger partial charge in [0, 0.05) is 19.2 Å². The Kier molecular flexibility index (Phi) is 5.37. The van der Waals surface area contributed by atoms with Gasteiger partial charge < -0.3 is 15.7 Å². The van der Waals surface area contributed by atoms with E-state index in [2.05, 4.69) is 11.8 Å². The van der Waals surface area contributed by atoms with Crippen molar-refractivity contribution in [2.24, 2.45) is 5.73 Å². The summed E-state index contributed by atoms with van der Waals surface area (Å²) in [4.78, 5) is 13.7. The van der Waals surface area contributed by atoms with Crippen molar-refractivity contribution in [1.29, 1.82) is 0 Å². The van der Waals surface area contributed by atoms with Gasteiger partial charge in [0.15, 0.2) is 0 Å². The average molecular weight is 246 g/mol. The molecular weight excluding hydrogens is 228 g/mol. The SMILES string of the molecule is CC(O)CN(C)C(=O)c1ccccc1C#CCN. The molecule has 1 atom stereocenters. The number of carbonyl (C=O) groups is 1. The molecule has 96 valence electrons. The van der Waals surface area contributed by atoms with Crippen LogP contribution in [0.4, 0.5) is 0 Å². The number of rotatable bonds is 3. The number of hydrogen-bond acceptors (Lipinski definition) is 3. The van der Waals surface area contributed by atoms with Gasteiger partial charge in [0.25, 0.3) is 5.91 Å². The fourth-order valence-corrected chi connectivity index (χ4v) is 1.61. The van der Waals surface area contributed by atoms with Crippen LogP contribution in [0.25, 0.3) is 0 Å². The lowest BCUT2D eigenvalue weighted by molar-refractivity contribution is 0.0703. The molecule has 4 nitrogen and oxygen atoms in total. The molecule has 0 heterocycles. The highest BCUT2D eigenvalue weighted by molar-refractivity contribution is 5.96. The van der Waals surface area contributed by atoms with Gasteiger partial charge in [0.1, 0.15) is 0 Å². The Morgan fingerprint density at radius 1 is 1.50 bits per heavy atom. The lowest BCUT2D eigenvalue weighted by Gasteiger charge is -2.19. The van der Waals surface area contributed by atoms with Crippen LogP contribution in [0.15, 0.2) is 24.3 Å². The molecule has 0 aliphatic heterocycles. The van der Waals surface area contributed by atoms with Crippen molar-refractivity contribution in [3.8, 4) is 11.8 Å². The highest BCUT2D eigenvalue weighted by Crippen LogP contribution is 2.10. The average Bonchev–Trinajstić information content (AvgIpc) is 2.35. The van der Waals surface area contributed by atoms with Crippen molar-refractivity contribution < 1.29 is 9.90 Å². The third-order valence-electron chi connectivity index (χ3n) is 2.37. The maximum absolute atomic E-state index is 12.2. The molecule has 0 bridgehead atoms. The molecule has 1 aromatic rings. The molecule has 1 unspecified atom stereocenters. The van der Waals surface area contributed by atoms with E-state index in [4.69, 9.17) is 5.73 Å². The number of nitrogens with two attached hydrogens (primary N) is 1. The molecule has 0 saturated carbocycles. The zero-order valence-electron chi connectivity index (χ0n) is 10.7. The third-order valence-corrected chi connectivity index (χ3v) is 2.37. The molecule has 0 fully saturated rings. The van der Waals surface area contributed by atoms with E-state index in [-0.39, 0.29) is 19.0 Å². The number of likely N-dealkylation sites (N-methyl/N-ethyl adjacent to an activating group) is 1. The number of amides is 1. The van der Waals surface area contributed by atoms with Crippen molar-refractivity contribution in [2.75, 3.05) is 20.1 Å². The summed E-state index contributed by atoms with van der Waals surface area (Å²) in [5.41, 5.74) is 6.51. The Morgan fingerprint density at radius 2 is 2.17 bits per heavy atom. The monoisotopic (exact) mass is 246 g/mol. The number of carbonyl (C=O) groups excluding carboxylic acids is 1. The van der Waals surface area contributed by atoms with Gasteiger partial charge in [0.2, 0.25) is 0 Å². The van der Waals surface area contributed by atoms with E-state index < -0.39 is 6.10 Å². The molecule has 0 aromatic heterocycles. The van der Waals surface area contributed by atoms with Gasteiger partial charge in [-0.1, -0.05) is 24.0 Å². The van der Waals surface area contributed by atoms with Gasteiger partial charge in [-0.25, -0.2) is 0 Å². The largest absolute Gasteiger partial charge is 0.392 e. The molecule has 18 heavy (non-hydrogen) atoms. The van der Waals surface area contributed by atoms with Gasteiger partial charge >= 0.3 is 0 Å². The van der Waals surface area contributed by atoms with Crippen LogP contribution in [0.3, 0.4) is 0 Å². The van der Waals surface area contributed by atoms with Crippen LogP contribution in [0, 0.1) is 11.8 Å². The molecule has 0 radical (unpaired) electrons. The quantitative estimate of drug-likeness (QED) is 0.761. The minimum atomic E-state index is -0.554. The fourth-order valence-electron chi connectivity index (χ4n) is 1.61. The van der Waals surface area contributed by atoms with Crippen molar-refractivity contribution >= 4 is 5.91 Å². The molecule has 3 N–H and O–H groups in total. The predicted molar refractivity (Wildman–Crippen MR) is 71.0 cm³/mol. The zero-order valence-corrected chi connectivity index (χ0v) is 10.7. The van der Waals surface area contributed by atoms with E-state index in [0.29, 0.717) is 11.1 Å².